The topological polar surface area (TPSA) is 41.5 Å². The highest BCUT2D eigenvalue weighted by Gasteiger charge is 2.19. The zero-order valence-corrected chi connectivity index (χ0v) is 12.9. The highest BCUT2D eigenvalue weighted by atomic mass is 16.5. The van der Waals surface area contributed by atoms with Crippen molar-refractivity contribution in [2.24, 2.45) is 0 Å². The average Bonchev–Trinajstić information content (AvgIpc) is 2.33. The Morgan fingerprint density at radius 2 is 1.89 bits per heavy atom. The fraction of sp³-hybridized carbons (Fsp3) is 0.625. The van der Waals surface area contributed by atoms with Crippen LogP contribution in [-0.4, -0.2) is 24.8 Å². The molecule has 1 aromatic carbocycles. The van der Waals surface area contributed by atoms with Gasteiger partial charge in [0.1, 0.15) is 5.75 Å². The summed E-state index contributed by atoms with van der Waals surface area (Å²) in [5.74, 6) is 0.742. The van der Waals surface area contributed by atoms with Gasteiger partial charge in [-0.2, -0.15) is 0 Å². The Bertz CT molecular complexity index is 408. The SMILES string of the molecule is COc1ccc(C(C)(C)C)cc1C(O)CNC(C)C. The summed E-state index contributed by atoms with van der Waals surface area (Å²) in [7, 11) is 1.64. The molecule has 1 atom stereocenters. The van der Waals surface area contributed by atoms with Gasteiger partial charge in [-0.05, 0) is 23.1 Å². The summed E-state index contributed by atoms with van der Waals surface area (Å²) < 4.78 is 5.35. The van der Waals surface area contributed by atoms with E-state index in [4.69, 9.17) is 4.74 Å². The molecule has 0 fully saturated rings. The summed E-state index contributed by atoms with van der Waals surface area (Å²) in [4.78, 5) is 0. The Morgan fingerprint density at radius 1 is 1.26 bits per heavy atom. The quantitative estimate of drug-likeness (QED) is 0.860. The number of hydrogen-bond donors (Lipinski definition) is 2. The number of ether oxygens (including phenoxy) is 1. The molecule has 3 heteroatoms. The van der Waals surface area contributed by atoms with E-state index in [2.05, 4.69) is 46.0 Å². The molecule has 0 radical (unpaired) electrons. The van der Waals surface area contributed by atoms with Crippen LogP contribution in [0.3, 0.4) is 0 Å². The molecule has 0 aliphatic heterocycles. The van der Waals surface area contributed by atoms with Crippen LogP contribution in [0.25, 0.3) is 0 Å². The van der Waals surface area contributed by atoms with Crippen LogP contribution < -0.4 is 10.1 Å². The summed E-state index contributed by atoms with van der Waals surface area (Å²) in [5.41, 5.74) is 2.11. The van der Waals surface area contributed by atoms with Crippen molar-refractivity contribution in [3.63, 3.8) is 0 Å². The number of aliphatic hydroxyl groups excluding tert-OH is 1. The van der Waals surface area contributed by atoms with Crippen LogP contribution in [0.4, 0.5) is 0 Å². The highest BCUT2D eigenvalue weighted by molar-refractivity contribution is 5.41. The van der Waals surface area contributed by atoms with Gasteiger partial charge in [-0.15, -0.1) is 0 Å². The molecule has 0 aromatic heterocycles. The van der Waals surface area contributed by atoms with Crippen LogP contribution in [0.15, 0.2) is 18.2 Å². The van der Waals surface area contributed by atoms with E-state index in [1.807, 2.05) is 12.1 Å². The monoisotopic (exact) mass is 265 g/mol. The third-order valence-electron chi connectivity index (χ3n) is 3.17. The smallest absolute Gasteiger partial charge is 0.124 e. The normalized spacial score (nSPS) is 13.7. The lowest BCUT2D eigenvalue weighted by molar-refractivity contribution is 0.167. The summed E-state index contributed by atoms with van der Waals surface area (Å²) in [6.45, 7) is 11.2. The Hall–Kier alpha value is -1.06. The second-order valence-electron chi connectivity index (χ2n) is 6.29. The molecule has 0 heterocycles. The molecule has 0 saturated heterocycles. The zero-order chi connectivity index (χ0) is 14.6. The largest absolute Gasteiger partial charge is 0.496 e. The van der Waals surface area contributed by atoms with Gasteiger partial charge in [0.2, 0.25) is 0 Å². The minimum absolute atomic E-state index is 0.0617. The Balaban J connectivity index is 3.02. The van der Waals surface area contributed by atoms with Crippen molar-refractivity contribution in [2.75, 3.05) is 13.7 Å². The van der Waals surface area contributed by atoms with Crippen molar-refractivity contribution in [3.8, 4) is 5.75 Å². The van der Waals surface area contributed by atoms with Gasteiger partial charge in [-0.25, -0.2) is 0 Å². The molecule has 2 N–H and O–H groups in total. The lowest BCUT2D eigenvalue weighted by atomic mass is 9.85. The highest BCUT2D eigenvalue weighted by Crippen LogP contribution is 2.31. The summed E-state index contributed by atoms with van der Waals surface area (Å²) in [6, 6.07) is 6.40. The molecule has 3 nitrogen and oxygen atoms in total. The van der Waals surface area contributed by atoms with Gasteiger partial charge in [0.05, 0.1) is 13.2 Å². The number of methoxy groups -OCH3 is 1. The standard InChI is InChI=1S/C16H27NO2/c1-11(2)17-10-14(18)13-9-12(16(3,4)5)7-8-15(13)19-6/h7-9,11,14,17-18H,10H2,1-6H3. The minimum atomic E-state index is -0.556. The van der Waals surface area contributed by atoms with Gasteiger partial charge in [0.25, 0.3) is 0 Å². The fourth-order valence-corrected chi connectivity index (χ4v) is 1.92. The van der Waals surface area contributed by atoms with Gasteiger partial charge in [0.15, 0.2) is 0 Å². The first kappa shape index (κ1) is 16.0. The van der Waals surface area contributed by atoms with E-state index in [9.17, 15) is 5.11 Å². The lowest BCUT2D eigenvalue weighted by Crippen LogP contribution is -2.28. The predicted octanol–water partition coefficient (Wildman–Crippen LogP) is 3.02. The average molecular weight is 265 g/mol. The molecule has 0 aliphatic rings. The van der Waals surface area contributed by atoms with Crippen molar-refractivity contribution in [1.29, 1.82) is 0 Å². The van der Waals surface area contributed by atoms with Crippen LogP contribution in [0.1, 0.15) is 51.8 Å². The van der Waals surface area contributed by atoms with E-state index in [0.29, 0.717) is 12.6 Å². The molecular formula is C16H27NO2. The molecule has 1 unspecified atom stereocenters. The van der Waals surface area contributed by atoms with Crippen LogP contribution in [-0.2, 0) is 5.41 Å². The van der Waals surface area contributed by atoms with Crippen LogP contribution in [0.2, 0.25) is 0 Å². The Kier molecular flexibility index (Phi) is 5.39. The van der Waals surface area contributed by atoms with Gasteiger partial charge >= 0.3 is 0 Å². The van der Waals surface area contributed by atoms with Crippen molar-refractivity contribution in [2.45, 2.75) is 52.2 Å². The summed E-state index contributed by atoms with van der Waals surface area (Å²) in [6.07, 6.45) is -0.556. The molecule has 0 amide bonds. The second-order valence-corrected chi connectivity index (χ2v) is 6.29. The van der Waals surface area contributed by atoms with Crippen molar-refractivity contribution in [3.05, 3.63) is 29.3 Å². The van der Waals surface area contributed by atoms with Gasteiger partial charge in [-0.1, -0.05) is 40.7 Å². The summed E-state index contributed by atoms with van der Waals surface area (Å²) >= 11 is 0. The molecule has 1 rings (SSSR count). The van der Waals surface area contributed by atoms with E-state index < -0.39 is 6.10 Å². The first-order chi connectivity index (χ1) is 8.75. The van der Waals surface area contributed by atoms with Gasteiger partial charge in [-0.3, -0.25) is 0 Å². The molecule has 0 aliphatic carbocycles. The molecule has 1 aromatic rings. The van der Waals surface area contributed by atoms with Crippen LogP contribution >= 0.6 is 0 Å². The first-order valence-electron chi connectivity index (χ1n) is 6.85. The molecule has 0 spiro atoms. The number of nitrogens with one attached hydrogen (secondary N) is 1. The van der Waals surface area contributed by atoms with Crippen molar-refractivity contribution in [1.82, 2.24) is 5.32 Å². The Morgan fingerprint density at radius 3 is 2.37 bits per heavy atom. The maximum Gasteiger partial charge on any atom is 0.124 e. The predicted molar refractivity (Wildman–Crippen MR) is 79.8 cm³/mol. The van der Waals surface area contributed by atoms with Crippen LogP contribution in [0, 0.1) is 0 Å². The first-order valence-corrected chi connectivity index (χ1v) is 6.85. The Labute approximate surface area is 117 Å². The van der Waals surface area contributed by atoms with E-state index in [0.717, 1.165) is 11.3 Å². The van der Waals surface area contributed by atoms with Gasteiger partial charge < -0.3 is 15.2 Å². The van der Waals surface area contributed by atoms with E-state index in [-0.39, 0.29) is 5.41 Å². The number of benzene rings is 1. The van der Waals surface area contributed by atoms with Crippen molar-refractivity contribution >= 4 is 0 Å². The maximum atomic E-state index is 10.3. The molecule has 19 heavy (non-hydrogen) atoms. The molecule has 108 valence electrons. The number of rotatable bonds is 5. The third kappa shape index (κ3) is 4.51. The number of hydrogen-bond acceptors (Lipinski definition) is 3. The summed E-state index contributed by atoms with van der Waals surface area (Å²) in [5, 5.41) is 13.6. The van der Waals surface area contributed by atoms with E-state index in [1.54, 1.807) is 7.11 Å². The molecule has 0 bridgehead atoms. The zero-order valence-electron chi connectivity index (χ0n) is 12.9. The second kappa shape index (κ2) is 6.40. The third-order valence-corrected chi connectivity index (χ3v) is 3.17. The maximum absolute atomic E-state index is 10.3. The van der Waals surface area contributed by atoms with Crippen molar-refractivity contribution < 1.29 is 9.84 Å². The molecular weight excluding hydrogens is 238 g/mol. The van der Waals surface area contributed by atoms with E-state index in [1.165, 1.54) is 5.56 Å². The van der Waals surface area contributed by atoms with E-state index >= 15 is 0 Å². The lowest BCUT2D eigenvalue weighted by Gasteiger charge is -2.23. The molecule has 0 saturated carbocycles. The fourth-order valence-electron chi connectivity index (χ4n) is 1.92. The van der Waals surface area contributed by atoms with Crippen LogP contribution in [0.5, 0.6) is 5.75 Å². The minimum Gasteiger partial charge on any atom is -0.496 e. The number of aliphatic hydroxyl groups is 1. The van der Waals surface area contributed by atoms with Gasteiger partial charge in [0, 0.05) is 18.2 Å².